The summed E-state index contributed by atoms with van der Waals surface area (Å²) in [7, 11) is 0. The zero-order chi connectivity index (χ0) is 14.1. The van der Waals surface area contributed by atoms with Gasteiger partial charge in [0.2, 0.25) is 0 Å². The predicted molar refractivity (Wildman–Crippen MR) is 80.3 cm³/mol. The number of rotatable bonds is 3. The van der Waals surface area contributed by atoms with E-state index in [2.05, 4.69) is 6.92 Å². The minimum absolute atomic E-state index is 0.321. The normalized spacial score (nSPS) is 17.8. The second kappa shape index (κ2) is 5.37. The minimum atomic E-state index is -0.890. The summed E-state index contributed by atoms with van der Waals surface area (Å²) in [5.74, 6) is -0.111. The number of aromatic nitrogens is 1. The van der Waals surface area contributed by atoms with Gasteiger partial charge in [0, 0.05) is 10.4 Å². The van der Waals surface area contributed by atoms with E-state index < -0.39 is 5.97 Å². The van der Waals surface area contributed by atoms with E-state index in [9.17, 15) is 4.79 Å². The number of hydrogen-bond acceptors (Lipinski definition) is 3. The maximum Gasteiger partial charge on any atom is 0.335 e. The Morgan fingerprint density at radius 1 is 1.50 bits per heavy atom. The van der Waals surface area contributed by atoms with Gasteiger partial charge in [-0.1, -0.05) is 25.5 Å². The first-order chi connectivity index (χ1) is 9.67. The predicted octanol–water partition coefficient (Wildman–Crippen LogP) is 4.02. The van der Waals surface area contributed by atoms with Gasteiger partial charge in [0.25, 0.3) is 0 Å². The van der Waals surface area contributed by atoms with Crippen LogP contribution in [0, 0.1) is 5.92 Å². The molecule has 2 aromatic rings. The van der Waals surface area contributed by atoms with Crippen molar-refractivity contribution in [2.24, 2.45) is 5.92 Å². The number of aryl methyl sites for hydroxylation is 1. The van der Waals surface area contributed by atoms with Crippen LogP contribution in [0.4, 0.5) is 0 Å². The van der Waals surface area contributed by atoms with Crippen LogP contribution >= 0.6 is 11.3 Å². The van der Waals surface area contributed by atoms with Gasteiger partial charge in [-0.2, -0.15) is 0 Å². The Labute approximate surface area is 122 Å². The van der Waals surface area contributed by atoms with Gasteiger partial charge in [0.05, 0.1) is 11.3 Å². The van der Waals surface area contributed by atoms with Crippen LogP contribution in [0.3, 0.4) is 0 Å². The van der Waals surface area contributed by atoms with Crippen molar-refractivity contribution < 1.29 is 9.90 Å². The Balaban J connectivity index is 1.94. The van der Waals surface area contributed by atoms with Gasteiger partial charge in [-0.15, -0.1) is 11.3 Å². The minimum Gasteiger partial charge on any atom is -0.478 e. The molecule has 1 aromatic carbocycles. The summed E-state index contributed by atoms with van der Waals surface area (Å²) in [5.41, 5.74) is 2.45. The molecule has 104 valence electrons. The van der Waals surface area contributed by atoms with Crippen LogP contribution in [0.5, 0.6) is 0 Å². The molecule has 0 radical (unpaired) electrons. The average molecular weight is 287 g/mol. The number of aromatic carboxylic acids is 1. The second-order valence-corrected chi connectivity index (χ2v) is 6.38. The molecule has 0 saturated carbocycles. The molecule has 0 amide bonds. The van der Waals surface area contributed by atoms with E-state index in [0.29, 0.717) is 5.56 Å². The summed E-state index contributed by atoms with van der Waals surface area (Å²) in [5, 5.41) is 10.0. The summed E-state index contributed by atoms with van der Waals surface area (Å²) in [6.45, 7) is 2.24. The molecule has 3 rings (SSSR count). The van der Waals surface area contributed by atoms with Crippen molar-refractivity contribution in [3.63, 3.8) is 0 Å². The Kier molecular flexibility index (Phi) is 3.57. The molecule has 0 spiro atoms. The highest BCUT2D eigenvalue weighted by Crippen LogP contribution is 2.35. The molecule has 4 heteroatoms. The highest BCUT2D eigenvalue weighted by atomic mass is 32.1. The van der Waals surface area contributed by atoms with Crippen molar-refractivity contribution in [3.8, 4) is 10.6 Å². The lowest BCUT2D eigenvalue weighted by Gasteiger charge is -2.18. The number of nitrogens with zero attached hydrogens (tertiary/aromatic N) is 1. The second-order valence-electron chi connectivity index (χ2n) is 5.29. The van der Waals surface area contributed by atoms with Gasteiger partial charge in [-0.05, 0) is 37.3 Å². The van der Waals surface area contributed by atoms with Gasteiger partial charge in [-0.25, -0.2) is 9.78 Å². The number of carboxylic acids is 1. The van der Waals surface area contributed by atoms with Crippen molar-refractivity contribution >= 4 is 17.3 Å². The molecule has 1 aromatic heterocycles. The molecule has 1 heterocycles. The summed E-state index contributed by atoms with van der Waals surface area (Å²) in [4.78, 5) is 17.1. The molecule has 20 heavy (non-hydrogen) atoms. The molecular formula is C16H17NO2S. The van der Waals surface area contributed by atoms with E-state index in [4.69, 9.17) is 10.1 Å². The Morgan fingerprint density at radius 2 is 2.35 bits per heavy atom. The van der Waals surface area contributed by atoms with Crippen LogP contribution < -0.4 is 0 Å². The van der Waals surface area contributed by atoms with E-state index in [-0.39, 0.29) is 0 Å². The molecule has 0 aliphatic heterocycles. The topological polar surface area (TPSA) is 50.2 Å². The summed E-state index contributed by atoms with van der Waals surface area (Å²) < 4.78 is 0. The first kappa shape index (κ1) is 13.3. The molecule has 1 unspecified atom stereocenters. The smallest absolute Gasteiger partial charge is 0.335 e. The van der Waals surface area contributed by atoms with Crippen molar-refractivity contribution in [3.05, 3.63) is 40.4 Å². The summed E-state index contributed by atoms with van der Waals surface area (Å²) in [6.07, 6.45) is 4.63. The Hall–Kier alpha value is -1.68. The fourth-order valence-electron chi connectivity index (χ4n) is 2.70. The van der Waals surface area contributed by atoms with Gasteiger partial charge >= 0.3 is 5.97 Å². The van der Waals surface area contributed by atoms with Gasteiger partial charge in [-0.3, -0.25) is 0 Å². The fraction of sp³-hybridized carbons (Fsp3) is 0.375. The average Bonchev–Trinajstić information content (AvgIpc) is 2.90. The molecule has 0 bridgehead atoms. The lowest BCUT2D eigenvalue weighted by molar-refractivity contribution is 0.0697. The Morgan fingerprint density at radius 3 is 3.10 bits per heavy atom. The highest BCUT2D eigenvalue weighted by Gasteiger charge is 2.22. The zero-order valence-corrected chi connectivity index (χ0v) is 12.2. The third-order valence-electron chi connectivity index (χ3n) is 3.98. The molecular weight excluding hydrogens is 270 g/mol. The van der Waals surface area contributed by atoms with E-state index >= 15 is 0 Å². The molecule has 1 aliphatic carbocycles. The first-order valence-electron chi connectivity index (χ1n) is 6.99. The third-order valence-corrected chi connectivity index (χ3v) is 5.14. The van der Waals surface area contributed by atoms with Crippen molar-refractivity contribution in [1.82, 2.24) is 4.98 Å². The van der Waals surface area contributed by atoms with E-state index in [1.807, 2.05) is 6.07 Å². The van der Waals surface area contributed by atoms with Gasteiger partial charge in [0.15, 0.2) is 0 Å². The fourth-order valence-corrected chi connectivity index (χ4v) is 3.92. The van der Waals surface area contributed by atoms with Gasteiger partial charge in [0.1, 0.15) is 5.01 Å². The number of carboxylic acid groups (broad SMARTS) is 1. The van der Waals surface area contributed by atoms with E-state index in [1.165, 1.54) is 23.4 Å². The number of fused-ring (bicyclic) bond motifs is 1. The van der Waals surface area contributed by atoms with Crippen molar-refractivity contribution in [1.29, 1.82) is 0 Å². The van der Waals surface area contributed by atoms with Crippen LogP contribution in [0.15, 0.2) is 24.3 Å². The SMILES string of the molecule is CCC1CCc2nc(-c3cccc(C(=O)O)c3)sc2C1. The standard InChI is InChI=1S/C16H17NO2S/c1-2-10-6-7-13-14(8-10)20-15(17-13)11-4-3-5-12(9-11)16(18)19/h3-5,9-10H,2,6-8H2,1H3,(H,18,19). The monoisotopic (exact) mass is 287 g/mol. The third kappa shape index (κ3) is 2.48. The number of thiazole rings is 1. The molecule has 0 saturated heterocycles. The molecule has 3 nitrogen and oxygen atoms in total. The molecule has 1 N–H and O–H groups in total. The highest BCUT2D eigenvalue weighted by molar-refractivity contribution is 7.15. The Bertz CT molecular complexity index is 648. The summed E-state index contributed by atoms with van der Waals surface area (Å²) in [6, 6.07) is 7.05. The van der Waals surface area contributed by atoms with E-state index in [0.717, 1.165) is 29.3 Å². The quantitative estimate of drug-likeness (QED) is 0.927. The van der Waals surface area contributed by atoms with E-state index in [1.54, 1.807) is 29.5 Å². The van der Waals surface area contributed by atoms with Crippen LogP contribution in [-0.4, -0.2) is 16.1 Å². The zero-order valence-electron chi connectivity index (χ0n) is 11.4. The van der Waals surface area contributed by atoms with Crippen LogP contribution in [0.2, 0.25) is 0 Å². The maximum atomic E-state index is 11.0. The van der Waals surface area contributed by atoms with Crippen molar-refractivity contribution in [2.75, 3.05) is 0 Å². The molecule has 1 aliphatic rings. The van der Waals surface area contributed by atoms with Crippen LogP contribution in [0.25, 0.3) is 10.6 Å². The van der Waals surface area contributed by atoms with Gasteiger partial charge < -0.3 is 5.11 Å². The lowest BCUT2D eigenvalue weighted by Crippen LogP contribution is -2.11. The number of hydrogen-bond donors (Lipinski definition) is 1. The van der Waals surface area contributed by atoms with Crippen LogP contribution in [0.1, 0.15) is 40.7 Å². The maximum absolute atomic E-state index is 11.0. The lowest BCUT2D eigenvalue weighted by atomic mass is 9.89. The molecule has 1 atom stereocenters. The number of carbonyl (C=O) groups is 1. The first-order valence-corrected chi connectivity index (χ1v) is 7.81. The summed E-state index contributed by atoms with van der Waals surface area (Å²) >= 11 is 1.72. The number of benzene rings is 1. The van der Waals surface area contributed by atoms with Crippen LogP contribution in [-0.2, 0) is 12.8 Å². The largest absolute Gasteiger partial charge is 0.478 e. The molecule has 0 fully saturated rings. The van der Waals surface area contributed by atoms with Crippen molar-refractivity contribution in [2.45, 2.75) is 32.6 Å².